The first-order valence-electron chi connectivity index (χ1n) is 8.16. The largest absolute Gasteiger partial charge is 0.369 e. The lowest BCUT2D eigenvalue weighted by molar-refractivity contribution is -0.114. The molecule has 0 unspecified atom stereocenters. The van der Waals surface area contributed by atoms with Gasteiger partial charge in [0.25, 0.3) is 0 Å². The van der Waals surface area contributed by atoms with Crippen LogP contribution in [0.5, 0.6) is 0 Å². The molecule has 1 fully saturated rings. The number of nitrogens with zero attached hydrogens (tertiary/aromatic N) is 1. The molecule has 0 aromatic heterocycles. The average molecular weight is 359 g/mol. The predicted molar refractivity (Wildman–Crippen MR) is 97.7 cm³/mol. The van der Waals surface area contributed by atoms with Crippen molar-refractivity contribution in [2.24, 2.45) is 0 Å². The van der Waals surface area contributed by atoms with Gasteiger partial charge in [-0.1, -0.05) is 18.2 Å². The van der Waals surface area contributed by atoms with Gasteiger partial charge in [0.15, 0.2) is 0 Å². The molecular formula is C18H21N3O3S. The van der Waals surface area contributed by atoms with Crippen LogP contribution in [0.15, 0.2) is 58.3 Å². The van der Waals surface area contributed by atoms with Crippen molar-refractivity contribution in [1.29, 1.82) is 0 Å². The van der Waals surface area contributed by atoms with Crippen LogP contribution in [0.4, 0.5) is 11.4 Å². The molecule has 2 aromatic carbocycles. The van der Waals surface area contributed by atoms with Gasteiger partial charge in [-0.15, -0.1) is 0 Å². The monoisotopic (exact) mass is 359 g/mol. The minimum Gasteiger partial charge on any atom is -0.369 e. The fourth-order valence-electron chi connectivity index (χ4n) is 2.89. The first-order valence-corrected chi connectivity index (χ1v) is 9.64. The molecule has 7 heteroatoms. The maximum absolute atomic E-state index is 12.9. The smallest absolute Gasteiger partial charge is 0.221 e. The lowest BCUT2D eigenvalue weighted by atomic mass is 10.2. The van der Waals surface area contributed by atoms with Gasteiger partial charge in [0.05, 0.1) is 15.5 Å². The lowest BCUT2D eigenvalue weighted by Gasteiger charge is -2.30. The Labute approximate surface area is 147 Å². The fourth-order valence-corrected chi connectivity index (χ4v) is 4.30. The maximum atomic E-state index is 12.9. The molecule has 25 heavy (non-hydrogen) atoms. The zero-order chi connectivity index (χ0) is 17.9. The van der Waals surface area contributed by atoms with E-state index in [1.807, 2.05) is 0 Å². The van der Waals surface area contributed by atoms with Crippen LogP contribution in [0.2, 0.25) is 0 Å². The van der Waals surface area contributed by atoms with E-state index in [4.69, 9.17) is 0 Å². The van der Waals surface area contributed by atoms with Crippen molar-refractivity contribution in [3.63, 3.8) is 0 Å². The summed E-state index contributed by atoms with van der Waals surface area (Å²) >= 11 is 0. The van der Waals surface area contributed by atoms with Gasteiger partial charge in [0.1, 0.15) is 0 Å². The number of sulfone groups is 1. The summed E-state index contributed by atoms with van der Waals surface area (Å²) < 4.78 is 25.9. The summed E-state index contributed by atoms with van der Waals surface area (Å²) in [4.78, 5) is 14.1. The van der Waals surface area contributed by atoms with Gasteiger partial charge in [0.2, 0.25) is 15.7 Å². The number of anilines is 2. The van der Waals surface area contributed by atoms with Crippen LogP contribution in [0.25, 0.3) is 0 Å². The molecule has 2 aromatic rings. The molecule has 1 aliphatic rings. The zero-order valence-corrected chi connectivity index (χ0v) is 14.8. The van der Waals surface area contributed by atoms with Crippen LogP contribution < -0.4 is 15.5 Å². The minimum atomic E-state index is -3.71. The van der Waals surface area contributed by atoms with Crippen molar-refractivity contribution in [3.05, 3.63) is 48.5 Å². The molecule has 0 bridgehead atoms. The Morgan fingerprint density at radius 1 is 1.08 bits per heavy atom. The van der Waals surface area contributed by atoms with Crippen LogP contribution in [-0.4, -0.2) is 40.5 Å². The summed E-state index contributed by atoms with van der Waals surface area (Å²) in [5.41, 5.74) is 1.21. The maximum Gasteiger partial charge on any atom is 0.221 e. The Bertz CT molecular complexity index is 860. The Morgan fingerprint density at radius 3 is 2.40 bits per heavy atom. The third kappa shape index (κ3) is 3.83. The van der Waals surface area contributed by atoms with Crippen molar-refractivity contribution in [1.82, 2.24) is 5.32 Å². The Kier molecular flexibility index (Phi) is 5.06. The molecule has 132 valence electrons. The number of benzene rings is 2. The highest BCUT2D eigenvalue weighted by atomic mass is 32.2. The highest BCUT2D eigenvalue weighted by molar-refractivity contribution is 7.91. The predicted octanol–water partition coefficient (Wildman–Crippen LogP) is 1.89. The standard InChI is InChI=1S/C18H21N3O3S/c1-14(22)20-17-13-15(21-11-9-19-10-12-21)7-8-18(17)25(23,24)16-5-3-2-4-6-16/h2-8,13,19H,9-12H2,1H3,(H,20,22). The molecule has 1 amide bonds. The van der Waals surface area contributed by atoms with Gasteiger partial charge >= 0.3 is 0 Å². The van der Waals surface area contributed by atoms with E-state index in [2.05, 4.69) is 15.5 Å². The van der Waals surface area contributed by atoms with Crippen LogP contribution in [0.1, 0.15) is 6.92 Å². The molecule has 1 aliphatic heterocycles. The first kappa shape index (κ1) is 17.4. The van der Waals surface area contributed by atoms with Gasteiger partial charge < -0.3 is 15.5 Å². The van der Waals surface area contributed by atoms with Crippen LogP contribution in [0.3, 0.4) is 0 Å². The Balaban J connectivity index is 2.05. The van der Waals surface area contributed by atoms with E-state index in [9.17, 15) is 13.2 Å². The number of nitrogens with one attached hydrogen (secondary N) is 2. The van der Waals surface area contributed by atoms with Gasteiger partial charge in [0, 0.05) is 38.8 Å². The molecule has 3 rings (SSSR count). The van der Waals surface area contributed by atoms with E-state index in [-0.39, 0.29) is 15.7 Å². The number of amides is 1. The van der Waals surface area contributed by atoms with Gasteiger partial charge in [-0.05, 0) is 30.3 Å². The molecule has 6 nitrogen and oxygen atoms in total. The number of rotatable bonds is 4. The molecular weight excluding hydrogens is 338 g/mol. The zero-order valence-electron chi connectivity index (χ0n) is 14.0. The molecule has 1 heterocycles. The highest BCUT2D eigenvalue weighted by Gasteiger charge is 2.23. The average Bonchev–Trinajstić information content (AvgIpc) is 2.62. The second kappa shape index (κ2) is 7.25. The molecule has 0 atom stereocenters. The summed E-state index contributed by atoms with van der Waals surface area (Å²) in [7, 11) is -3.71. The van der Waals surface area contributed by atoms with Gasteiger partial charge in [-0.25, -0.2) is 8.42 Å². The van der Waals surface area contributed by atoms with Crippen LogP contribution in [0, 0.1) is 0 Å². The number of carbonyl (C=O) groups excluding carboxylic acids is 1. The summed E-state index contributed by atoms with van der Waals surface area (Å²) in [6.45, 7) is 4.80. The number of hydrogen-bond acceptors (Lipinski definition) is 5. The van der Waals surface area contributed by atoms with E-state index in [0.29, 0.717) is 5.69 Å². The van der Waals surface area contributed by atoms with E-state index < -0.39 is 9.84 Å². The van der Waals surface area contributed by atoms with Crippen molar-refractivity contribution in [3.8, 4) is 0 Å². The molecule has 0 aliphatic carbocycles. The number of piperazine rings is 1. The topological polar surface area (TPSA) is 78.5 Å². The van der Waals surface area contributed by atoms with Crippen molar-refractivity contribution < 1.29 is 13.2 Å². The lowest BCUT2D eigenvalue weighted by Crippen LogP contribution is -2.43. The van der Waals surface area contributed by atoms with Crippen LogP contribution >= 0.6 is 0 Å². The van der Waals surface area contributed by atoms with Gasteiger partial charge in [-0.2, -0.15) is 0 Å². The Hall–Kier alpha value is -2.38. The van der Waals surface area contributed by atoms with Gasteiger partial charge in [-0.3, -0.25) is 4.79 Å². The van der Waals surface area contributed by atoms with Crippen LogP contribution in [-0.2, 0) is 14.6 Å². The third-order valence-electron chi connectivity index (χ3n) is 4.10. The van der Waals surface area contributed by atoms with E-state index in [1.165, 1.54) is 6.92 Å². The summed E-state index contributed by atoms with van der Waals surface area (Å²) in [6.07, 6.45) is 0. The third-order valence-corrected chi connectivity index (χ3v) is 5.93. The van der Waals surface area contributed by atoms with Crippen molar-refractivity contribution in [2.45, 2.75) is 16.7 Å². The second-order valence-electron chi connectivity index (χ2n) is 5.92. The van der Waals surface area contributed by atoms with E-state index in [0.717, 1.165) is 31.9 Å². The summed E-state index contributed by atoms with van der Waals surface area (Å²) in [6, 6.07) is 13.3. The normalized spacial score (nSPS) is 15.0. The SMILES string of the molecule is CC(=O)Nc1cc(N2CCNCC2)ccc1S(=O)(=O)c1ccccc1. The first-order chi connectivity index (χ1) is 12.0. The number of hydrogen-bond donors (Lipinski definition) is 2. The summed E-state index contributed by atoms with van der Waals surface area (Å²) in [5, 5.41) is 5.95. The number of carbonyl (C=O) groups is 1. The molecule has 2 N–H and O–H groups in total. The van der Waals surface area contributed by atoms with E-state index in [1.54, 1.807) is 48.5 Å². The molecule has 0 spiro atoms. The summed E-state index contributed by atoms with van der Waals surface area (Å²) in [5.74, 6) is -0.304. The molecule has 1 saturated heterocycles. The fraction of sp³-hybridized carbons (Fsp3) is 0.278. The Morgan fingerprint density at radius 2 is 1.76 bits per heavy atom. The van der Waals surface area contributed by atoms with E-state index >= 15 is 0 Å². The highest BCUT2D eigenvalue weighted by Crippen LogP contribution is 2.31. The molecule has 0 radical (unpaired) electrons. The molecule has 0 saturated carbocycles. The quantitative estimate of drug-likeness (QED) is 0.872. The van der Waals surface area contributed by atoms with Crippen molar-refractivity contribution in [2.75, 3.05) is 36.4 Å². The second-order valence-corrected chi connectivity index (χ2v) is 7.83. The minimum absolute atomic E-state index is 0.104. The van der Waals surface area contributed by atoms with Crippen molar-refractivity contribution >= 4 is 27.1 Å².